The van der Waals surface area contributed by atoms with Crippen LogP contribution in [0.25, 0.3) is 53.5 Å². The van der Waals surface area contributed by atoms with E-state index in [0.29, 0.717) is 0 Å². The molecule has 12 aromatic rings. The van der Waals surface area contributed by atoms with Gasteiger partial charge in [-0.25, -0.2) is 0 Å². The fourth-order valence-corrected chi connectivity index (χ4v) is 14.7. The van der Waals surface area contributed by atoms with E-state index in [-0.39, 0.29) is 28.4 Å². The highest BCUT2D eigenvalue weighted by atomic mass is 32.1. The van der Waals surface area contributed by atoms with E-state index >= 15 is 0 Å². The molecule has 0 bridgehead atoms. The molecule has 83 heavy (non-hydrogen) atoms. The smallest absolute Gasteiger partial charge is 0.264 e. The molecule has 2 aliphatic rings. The Morgan fingerprint density at radius 2 is 0.819 bits per heavy atom. The van der Waals surface area contributed by atoms with Crippen LogP contribution in [-0.2, 0) is 21.7 Å². The summed E-state index contributed by atoms with van der Waals surface area (Å²) < 4.78 is 2.66. The third-order valence-corrected chi connectivity index (χ3v) is 19.0. The van der Waals surface area contributed by atoms with E-state index in [1.54, 1.807) is 0 Å². The van der Waals surface area contributed by atoms with Crippen LogP contribution >= 0.6 is 11.3 Å². The number of thiophene rings is 1. The average Bonchev–Trinajstić information content (AvgIpc) is 2.23. The minimum Gasteiger partial charge on any atom is -0.311 e. The third kappa shape index (κ3) is 8.68. The van der Waals surface area contributed by atoms with Gasteiger partial charge in [-0.05, 0) is 172 Å². The summed E-state index contributed by atoms with van der Waals surface area (Å²) in [6, 6.07) is 83.7. The van der Waals surface area contributed by atoms with Gasteiger partial charge >= 0.3 is 0 Å². The molecule has 14 rings (SSSR count). The average molecular weight is 1090 g/mol. The first-order chi connectivity index (χ1) is 39.7. The van der Waals surface area contributed by atoms with Gasteiger partial charge in [-0.15, -0.1) is 11.3 Å². The first-order valence-electron chi connectivity index (χ1n) is 29.7. The first kappa shape index (κ1) is 52.7. The van der Waals surface area contributed by atoms with Crippen molar-refractivity contribution in [1.82, 2.24) is 0 Å². The molecular weight excluding hydrogens is 1020 g/mol. The predicted molar refractivity (Wildman–Crippen MR) is 363 cm³/mol. The Morgan fingerprint density at radius 3 is 1.40 bits per heavy atom. The number of anilines is 9. The molecule has 0 saturated heterocycles. The van der Waals surface area contributed by atoms with Crippen molar-refractivity contribution in [3.63, 3.8) is 0 Å². The van der Waals surface area contributed by atoms with Gasteiger partial charge in [0.2, 0.25) is 0 Å². The third-order valence-electron chi connectivity index (χ3n) is 17.8. The Morgan fingerprint density at radius 1 is 0.349 bits per heavy atom. The van der Waals surface area contributed by atoms with Crippen LogP contribution in [0.5, 0.6) is 0 Å². The van der Waals surface area contributed by atoms with Gasteiger partial charge in [0, 0.05) is 54.6 Å². The largest absolute Gasteiger partial charge is 0.311 e. The van der Waals surface area contributed by atoms with Crippen molar-refractivity contribution < 1.29 is 0 Å². The van der Waals surface area contributed by atoms with E-state index in [2.05, 4.69) is 316 Å². The minimum atomic E-state index is -0.135. The lowest BCUT2D eigenvalue weighted by atomic mass is 9.36. The van der Waals surface area contributed by atoms with Crippen molar-refractivity contribution in [1.29, 1.82) is 0 Å². The van der Waals surface area contributed by atoms with Crippen LogP contribution in [0.3, 0.4) is 0 Å². The zero-order chi connectivity index (χ0) is 57.5. The molecule has 0 unspecified atom stereocenters. The van der Waals surface area contributed by atoms with Crippen LogP contribution in [0.4, 0.5) is 51.2 Å². The Balaban J connectivity index is 1.18. The van der Waals surface area contributed by atoms with Gasteiger partial charge in [0.25, 0.3) is 6.71 Å². The second kappa shape index (κ2) is 19.1. The van der Waals surface area contributed by atoms with E-state index in [1.807, 2.05) is 11.3 Å². The van der Waals surface area contributed by atoms with Crippen molar-refractivity contribution in [2.24, 2.45) is 0 Å². The minimum absolute atomic E-state index is 0.00929. The molecule has 3 heterocycles. The predicted octanol–water partition coefficient (Wildman–Crippen LogP) is 20.8. The summed E-state index contributed by atoms with van der Waals surface area (Å²) in [5.74, 6) is 0. The zero-order valence-corrected chi connectivity index (χ0v) is 50.9. The molecule has 0 fully saturated rings. The van der Waals surface area contributed by atoms with Crippen molar-refractivity contribution >= 4 is 127 Å². The Labute approximate surface area is 495 Å². The maximum atomic E-state index is 2.73. The molecule has 11 aromatic carbocycles. The first-order valence-corrected chi connectivity index (χ1v) is 30.5. The zero-order valence-electron chi connectivity index (χ0n) is 50.1. The van der Waals surface area contributed by atoms with Crippen LogP contribution in [-0.4, -0.2) is 6.71 Å². The summed E-state index contributed by atoms with van der Waals surface area (Å²) in [5, 5.41) is 8.90. The molecule has 0 atom stereocenters. The lowest BCUT2D eigenvalue weighted by molar-refractivity contribution is 0.590. The number of hydrogen-bond acceptors (Lipinski definition) is 4. The molecule has 0 saturated carbocycles. The molecule has 0 spiro atoms. The number of para-hydroxylation sites is 2. The molecule has 0 radical (unpaired) electrons. The molecule has 0 aliphatic carbocycles. The van der Waals surface area contributed by atoms with Crippen molar-refractivity contribution in [2.75, 3.05) is 14.7 Å². The number of rotatable bonds is 6. The second-order valence-corrected chi connectivity index (χ2v) is 28.5. The number of hydrogen-bond donors (Lipinski definition) is 0. The molecular formula is C78H72BN3S. The molecule has 5 heteroatoms. The molecule has 3 nitrogen and oxygen atoms in total. The van der Waals surface area contributed by atoms with Crippen LogP contribution in [0.15, 0.2) is 218 Å². The number of fused-ring (bicyclic) bond motifs is 12. The van der Waals surface area contributed by atoms with Crippen LogP contribution in [0.1, 0.15) is 105 Å². The SMILES string of the molecule is CC(C)(C)c1ccc(N2c3ccc(C(C)(C)C)cc3B3c4sc5ccc(C(C)(C)C)cc5c4N(c4ccc(C(C)(C)C)cc4-c4cccc5c6ccccc6c6ccccc6c45)c4cc(N(c5ccccc5)c5ccccc5)cc2c43)cc1. The topological polar surface area (TPSA) is 9.72 Å². The highest BCUT2D eigenvalue weighted by molar-refractivity contribution is 7.33. The quantitative estimate of drug-likeness (QED) is 0.121. The summed E-state index contributed by atoms with van der Waals surface area (Å²) >= 11 is 1.98. The summed E-state index contributed by atoms with van der Waals surface area (Å²) in [6.45, 7) is 28.1. The monoisotopic (exact) mass is 1090 g/mol. The van der Waals surface area contributed by atoms with Crippen molar-refractivity contribution in [2.45, 2.75) is 105 Å². The summed E-state index contributed by atoms with van der Waals surface area (Å²) in [4.78, 5) is 7.80. The maximum Gasteiger partial charge on any atom is 0.264 e. The summed E-state index contributed by atoms with van der Waals surface area (Å²) in [7, 11) is 0. The lowest BCUT2D eigenvalue weighted by Crippen LogP contribution is -2.60. The van der Waals surface area contributed by atoms with Gasteiger partial charge < -0.3 is 14.7 Å². The van der Waals surface area contributed by atoms with Crippen molar-refractivity contribution in [3.8, 4) is 11.1 Å². The highest BCUT2D eigenvalue weighted by Gasteiger charge is 2.47. The van der Waals surface area contributed by atoms with Crippen LogP contribution in [0, 0.1) is 0 Å². The molecule has 0 N–H and O–H groups in total. The van der Waals surface area contributed by atoms with Gasteiger partial charge in [0.15, 0.2) is 0 Å². The van der Waals surface area contributed by atoms with Gasteiger partial charge in [-0.2, -0.15) is 0 Å². The molecule has 0 amide bonds. The summed E-state index contributed by atoms with van der Waals surface area (Å²) in [6.07, 6.45) is 0. The Hall–Kier alpha value is -8.38. The van der Waals surface area contributed by atoms with E-state index in [1.165, 1.54) is 114 Å². The second-order valence-electron chi connectivity index (χ2n) is 27.4. The fraction of sp³-hybridized carbons (Fsp3) is 0.205. The molecule has 408 valence electrons. The normalized spacial score (nSPS) is 13.5. The van der Waals surface area contributed by atoms with Gasteiger partial charge in [0.1, 0.15) is 0 Å². The lowest BCUT2D eigenvalue weighted by Gasteiger charge is -2.45. The Kier molecular flexibility index (Phi) is 12.1. The standard InChI is InChI=1S/C78H72BN3S/c1-75(2,3)49-34-39-55(40-35-49)81-67-42-37-52(78(10,11)12)46-65(67)79-72-68(81)47-56(80(53-24-15-13-16-25-53)54-26-17-14-18-27-54)48-69(72)82(73-64-45-51(77(7,8)9)38-43-70(64)83-74(73)79)66-41-36-50(76(4,5)6)44-63(66)62-33-23-32-61-59-29-20-19-28-57(59)58-30-21-22-31-60(58)71(61)62/h13-48H,1-12H3. The van der Waals surface area contributed by atoms with E-state index < -0.39 is 0 Å². The highest BCUT2D eigenvalue weighted by Crippen LogP contribution is 2.54. The van der Waals surface area contributed by atoms with E-state index in [4.69, 9.17) is 0 Å². The van der Waals surface area contributed by atoms with Gasteiger partial charge in [-0.3, -0.25) is 0 Å². The van der Waals surface area contributed by atoms with E-state index in [0.717, 1.165) is 28.4 Å². The fourth-order valence-electron chi connectivity index (χ4n) is 13.4. The van der Waals surface area contributed by atoms with E-state index in [9.17, 15) is 0 Å². The van der Waals surface area contributed by atoms with Gasteiger partial charge in [-0.1, -0.05) is 223 Å². The van der Waals surface area contributed by atoms with Crippen LogP contribution < -0.4 is 30.4 Å². The van der Waals surface area contributed by atoms with Crippen molar-refractivity contribution in [3.05, 3.63) is 241 Å². The molecule has 1 aromatic heterocycles. The van der Waals surface area contributed by atoms with Crippen LogP contribution in [0.2, 0.25) is 0 Å². The number of benzene rings is 11. The summed E-state index contributed by atoms with van der Waals surface area (Å²) in [5.41, 5.74) is 20.4. The van der Waals surface area contributed by atoms with Gasteiger partial charge in [0.05, 0.1) is 17.1 Å². The number of nitrogens with zero attached hydrogens (tertiary/aromatic N) is 3. The maximum absolute atomic E-state index is 2.73. The molecule has 2 aliphatic heterocycles. The Bertz CT molecular complexity index is 4460.